The molecule has 2 nitrogen and oxygen atoms in total. The number of benzene rings is 1. The van der Waals surface area contributed by atoms with Crippen LogP contribution in [0.5, 0.6) is 0 Å². The fourth-order valence-electron chi connectivity index (χ4n) is 2.02. The van der Waals surface area contributed by atoms with Crippen molar-refractivity contribution in [1.29, 1.82) is 0 Å². The van der Waals surface area contributed by atoms with Crippen molar-refractivity contribution in [2.24, 2.45) is 0 Å². The molecule has 0 aliphatic carbocycles. The highest BCUT2D eigenvalue weighted by Crippen LogP contribution is 2.28. The van der Waals surface area contributed by atoms with Gasteiger partial charge in [0.2, 0.25) is 0 Å². The van der Waals surface area contributed by atoms with Crippen LogP contribution in [0.4, 0.5) is 0 Å². The van der Waals surface area contributed by atoms with Crippen molar-refractivity contribution in [1.82, 2.24) is 0 Å². The van der Waals surface area contributed by atoms with Gasteiger partial charge in [0.15, 0.2) is 0 Å². The van der Waals surface area contributed by atoms with Gasteiger partial charge in [0, 0.05) is 6.08 Å². The first-order valence-electron chi connectivity index (χ1n) is 6.46. The van der Waals surface area contributed by atoms with Crippen molar-refractivity contribution in [2.75, 3.05) is 0 Å². The van der Waals surface area contributed by atoms with Crippen LogP contribution in [0.2, 0.25) is 0 Å². The first-order chi connectivity index (χ1) is 9.38. The molecule has 0 spiro atoms. The van der Waals surface area contributed by atoms with Crippen LogP contribution in [0.3, 0.4) is 0 Å². The molecule has 1 aromatic heterocycles. The van der Waals surface area contributed by atoms with Crippen LogP contribution in [-0.2, 0) is 10.2 Å². The Labute approximate surface area is 123 Å². The summed E-state index contributed by atoms with van der Waals surface area (Å²) >= 11 is 1.56. The lowest BCUT2D eigenvalue weighted by Crippen LogP contribution is -2.10. The third-order valence-corrected chi connectivity index (χ3v) is 3.85. The molecule has 1 N–H and O–H groups in total. The Morgan fingerprint density at radius 3 is 2.20 bits per heavy atom. The van der Waals surface area contributed by atoms with Crippen molar-refractivity contribution >= 4 is 22.9 Å². The van der Waals surface area contributed by atoms with E-state index in [1.54, 1.807) is 11.3 Å². The molecule has 2 rings (SSSR count). The van der Waals surface area contributed by atoms with E-state index in [1.807, 2.05) is 29.0 Å². The Hall–Kier alpha value is -1.87. The first-order valence-corrected chi connectivity index (χ1v) is 7.40. The van der Waals surface area contributed by atoms with Gasteiger partial charge in [-0.2, -0.15) is 11.3 Å². The molecule has 0 fully saturated rings. The van der Waals surface area contributed by atoms with Crippen LogP contribution < -0.4 is 0 Å². The third kappa shape index (κ3) is 3.36. The Morgan fingerprint density at radius 2 is 1.75 bits per heavy atom. The molecular formula is C17H18O2S. The van der Waals surface area contributed by atoms with Gasteiger partial charge in [-0.3, -0.25) is 0 Å². The van der Waals surface area contributed by atoms with Crippen molar-refractivity contribution in [2.45, 2.75) is 26.2 Å². The van der Waals surface area contributed by atoms with E-state index in [-0.39, 0.29) is 5.41 Å². The minimum Gasteiger partial charge on any atom is -0.478 e. The Kier molecular flexibility index (Phi) is 4.09. The zero-order valence-corrected chi connectivity index (χ0v) is 12.7. The molecule has 0 aliphatic rings. The molecule has 3 heteroatoms. The van der Waals surface area contributed by atoms with Gasteiger partial charge >= 0.3 is 5.97 Å². The fraction of sp³-hybridized carbons (Fsp3) is 0.235. The first kappa shape index (κ1) is 14.5. The van der Waals surface area contributed by atoms with E-state index in [4.69, 9.17) is 5.11 Å². The molecule has 0 bridgehead atoms. The van der Waals surface area contributed by atoms with E-state index in [9.17, 15) is 4.79 Å². The lowest BCUT2D eigenvalue weighted by atomic mass is 9.86. The number of carbonyl (C=O) groups is 1. The van der Waals surface area contributed by atoms with Crippen LogP contribution in [0.15, 0.2) is 47.2 Å². The predicted octanol–water partition coefficient (Wildman–Crippen LogP) is 4.56. The Morgan fingerprint density at radius 1 is 1.10 bits per heavy atom. The second kappa shape index (κ2) is 5.63. The third-order valence-electron chi connectivity index (χ3n) is 3.16. The zero-order valence-electron chi connectivity index (χ0n) is 11.9. The highest BCUT2D eigenvalue weighted by molar-refractivity contribution is 7.08. The predicted molar refractivity (Wildman–Crippen MR) is 84.2 cm³/mol. The van der Waals surface area contributed by atoms with Gasteiger partial charge < -0.3 is 5.11 Å². The lowest BCUT2D eigenvalue weighted by Gasteiger charge is -2.19. The minimum absolute atomic E-state index is 0.0948. The standard InChI is InChI=1S/C17H18O2S/c1-17(2,3)14-6-4-12(5-7-14)15(10-16(18)19)13-8-9-20-11-13/h4-11H,1-3H3,(H,18,19)/b15-10+. The summed E-state index contributed by atoms with van der Waals surface area (Å²) in [5, 5.41) is 13.0. The van der Waals surface area contributed by atoms with Crippen LogP contribution >= 0.6 is 11.3 Å². The quantitative estimate of drug-likeness (QED) is 0.840. The Balaban J connectivity index is 2.43. The number of carboxylic acid groups (broad SMARTS) is 1. The highest BCUT2D eigenvalue weighted by Gasteiger charge is 2.14. The van der Waals surface area contributed by atoms with Crippen LogP contribution in [-0.4, -0.2) is 11.1 Å². The molecule has 0 amide bonds. The second-order valence-electron chi connectivity index (χ2n) is 5.74. The zero-order chi connectivity index (χ0) is 14.8. The minimum atomic E-state index is -0.925. The summed E-state index contributed by atoms with van der Waals surface area (Å²) < 4.78 is 0. The normalized spacial score (nSPS) is 12.4. The molecule has 1 aromatic carbocycles. The van der Waals surface area contributed by atoms with Crippen molar-refractivity contribution < 1.29 is 9.90 Å². The summed E-state index contributed by atoms with van der Waals surface area (Å²) in [6, 6.07) is 10.1. The molecule has 20 heavy (non-hydrogen) atoms. The molecule has 0 atom stereocenters. The van der Waals surface area contributed by atoms with E-state index in [0.29, 0.717) is 0 Å². The van der Waals surface area contributed by atoms with Crippen LogP contribution in [0.1, 0.15) is 37.5 Å². The van der Waals surface area contributed by atoms with Crippen LogP contribution in [0.25, 0.3) is 5.57 Å². The van der Waals surface area contributed by atoms with E-state index in [2.05, 4.69) is 32.9 Å². The second-order valence-corrected chi connectivity index (χ2v) is 6.52. The summed E-state index contributed by atoms with van der Waals surface area (Å²) in [5.41, 5.74) is 3.96. The summed E-state index contributed by atoms with van der Waals surface area (Å²) in [4.78, 5) is 11.0. The largest absolute Gasteiger partial charge is 0.478 e. The van der Waals surface area contributed by atoms with Gasteiger partial charge in [-0.25, -0.2) is 4.79 Å². The summed E-state index contributed by atoms with van der Waals surface area (Å²) in [6.07, 6.45) is 1.27. The molecule has 0 radical (unpaired) electrons. The van der Waals surface area contributed by atoms with E-state index in [1.165, 1.54) is 11.6 Å². The molecule has 0 aliphatic heterocycles. The maximum atomic E-state index is 11.0. The number of thiophene rings is 1. The summed E-state index contributed by atoms with van der Waals surface area (Å²) in [5.74, 6) is -0.925. The topological polar surface area (TPSA) is 37.3 Å². The fourth-order valence-corrected chi connectivity index (χ4v) is 2.68. The monoisotopic (exact) mass is 286 g/mol. The summed E-state index contributed by atoms with van der Waals surface area (Å²) in [6.45, 7) is 6.48. The number of aliphatic carboxylic acids is 1. The van der Waals surface area contributed by atoms with Gasteiger partial charge in [0.05, 0.1) is 0 Å². The van der Waals surface area contributed by atoms with Crippen molar-refractivity contribution in [3.63, 3.8) is 0 Å². The molecule has 0 unspecified atom stereocenters. The molecule has 0 saturated carbocycles. The smallest absolute Gasteiger partial charge is 0.328 e. The molecule has 0 saturated heterocycles. The van der Waals surface area contributed by atoms with E-state index in [0.717, 1.165) is 16.7 Å². The molecule has 2 aromatic rings. The number of carboxylic acids is 1. The van der Waals surface area contributed by atoms with Gasteiger partial charge in [-0.15, -0.1) is 0 Å². The molecule has 1 heterocycles. The van der Waals surface area contributed by atoms with Gasteiger partial charge in [-0.1, -0.05) is 45.0 Å². The lowest BCUT2D eigenvalue weighted by molar-refractivity contribution is -0.131. The SMILES string of the molecule is CC(C)(C)c1ccc(/C(=C\C(=O)O)c2ccsc2)cc1. The van der Waals surface area contributed by atoms with E-state index < -0.39 is 5.97 Å². The van der Waals surface area contributed by atoms with Gasteiger partial charge in [-0.05, 0) is 44.5 Å². The van der Waals surface area contributed by atoms with Crippen LogP contribution in [0, 0.1) is 0 Å². The molecular weight excluding hydrogens is 268 g/mol. The van der Waals surface area contributed by atoms with Crippen molar-refractivity contribution in [3.05, 3.63) is 63.9 Å². The van der Waals surface area contributed by atoms with Crippen molar-refractivity contribution in [3.8, 4) is 0 Å². The highest BCUT2D eigenvalue weighted by atomic mass is 32.1. The van der Waals surface area contributed by atoms with Gasteiger partial charge in [0.25, 0.3) is 0 Å². The summed E-state index contributed by atoms with van der Waals surface area (Å²) in [7, 11) is 0. The molecule has 104 valence electrons. The van der Waals surface area contributed by atoms with Gasteiger partial charge in [0.1, 0.15) is 0 Å². The maximum absolute atomic E-state index is 11.0. The average Bonchev–Trinajstić information content (AvgIpc) is 2.88. The number of hydrogen-bond donors (Lipinski definition) is 1. The Bertz CT molecular complexity index is 614. The maximum Gasteiger partial charge on any atom is 0.328 e. The van der Waals surface area contributed by atoms with E-state index >= 15 is 0 Å². The average molecular weight is 286 g/mol. The number of hydrogen-bond acceptors (Lipinski definition) is 2. The number of rotatable bonds is 3.